The Morgan fingerprint density at radius 2 is 1.95 bits per heavy atom. The van der Waals surface area contributed by atoms with Crippen LogP contribution in [-0.4, -0.2) is 31.6 Å². The Balaban J connectivity index is 1.89. The first-order chi connectivity index (χ1) is 9.50. The first kappa shape index (κ1) is 15.5. The van der Waals surface area contributed by atoms with E-state index in [4.69, 9.17) is 0 Å². The predicted octanol–water partition coefficient (Wildman–Crippen LogP) is 3.77. The van der Waals surface area contributed by atoms with E-state index >= 15 is 0 Å². The van der Waals surface area contributed by atoms with Gasteiger partial charge in [0.05, 0.1) is 0 Å². The average molecular weight is 274 g/mol. The van der Waals surface area contributed by atoms with E-state index < -0.39 is 0 Å². The molecule has 0 aromatic heterocycles. The lowest BCUT2D eigenvalue weighted by molar-refractivity contribution is 0.113. The Labute approximate surface area is 124 Å². The Kier molecular flexibility index (Phi) is 5.22. The van der Waals surface area contributed by atoms with Crippen molar-refractivity contribution >= 4 is 0 Å². The minimum absolute atomic E-state index is 0.473. The zero-order chi connectivity index (χ0) is 14.6. The third-order valence-electron chi connectivity index (χ3n) is 4.54. The molecule has 2 rings (SSSR count). The van der Waals surface area contributed by atoms with E-state index in [1.165, 1.54) is 50.0 Å². The van der Waals surface area contributed by atoms with Crippen molar-refractivity contribution < 1.29 is 0 Å². The highest BCUT2D eigenvalue weighted by Gasteiger charge is 2.26. The van der Waals surface area contributed by atoms with E-state index in [0.717, 1.165) is 0 Å². The summed E-state index contributed by atoms with van der Waals surface area (Å²) in [5.74, 6) is 0. The van der Waals surface area contributed by atoms with E-state index in [0.29, 0.717) is 11.5 Å². The van der Waals surface area contributed by atoms with E-state index in [1.54, 1.807) is 0 Å². The molecule has 0 radical (unpaired) electrons. The molecule has 1 heterocycles. The normalized spacial score (nSPS) is 20.8. The molecule has 1 unspecified atom stereocenters. The molecule has 1 aromatic carbocycles. The number of nitrogens with zero attached hydrogens (tertiary/aromatic N) is 1. The molecular weight excluding hydrogens is 244 g/mol. The maximum Gasteiger partial charge on any atom is 0.0329 e. The summed E-state index contributed by atoms with van der Waals surface area (Å²) >= 11 is 0. The van der Waals surface area contributed by atoms with Crippen LogP contribution in [-0.2, 0) is 0 Å². The number of benzene rings is 1. The lowest BCUT2D eigenvalue weighted by Gasteiger charge is -2.38. The summed E-state index contributed by atoms with van der Waals surface area (Å²) in [5, 5.41) is 3.47. The Bertz CT molecular complexity index is 408. The molecule has 0 saturated carbocycles. The molecule has 2 nitrogen and oxygen atoms in total. The van der Waals surface area contributed by atoms with Crippen LogP contribution in [0.5, 0.6) is 0 Å². The summed E-state index contributed by atoms with van der Waals surface area (Å²) in [7, 11) is 2.07. The lowest BCUT2D eigenvalue weighted by atomic mass is 9.84. The fourth-order valence-electron chi connectivity index (χ4n) is 3.32. The van der Waals surface area contributed by atoms with E-state index in [1.807, 2.05) is 0 Å². The molecule has 0 bridgehead atoms. The molecule has 0 aliphatic carbocycles. The summed E-state index contributed by atoms with van der Waals surface area (Å²) in [5.41, 5.74) is 3.24. The Morgan fingerprint density at radius 1 is 1.25 bits per heavy atom. The van der Waals surface area contributed by atoms with Gasteiger partial charge in [-0.25, -0.2) is 0 Å². The average Bonchev–Trinajstić information content (AvgIpc) is 2.40. The van der Waals surface area contributed by atoms with Crippen molar-refractivity contribution in [3.8, 4) is 0 Å². The molecule has 0 spiro atoms. The van der Waals surface area contributed by atoms with Gasteiger partial charge in [0.2, 0.25) is 0 Å². The summed E-state index contributed by atoms with van der Waals surface area (Å²) in [6, 6.07) is 9.42. The highest BCUT2D eigenvalue weighted by atomic mass is 15.1. The van der Waals surface area contributed by atoms with Crippen molar-refractivity contribution in [2.75, 3.05) is 26.7 Å². The highest BCUT2D eigenvalue weighted by molar-refractivity contribution is 5.24. The zero-order valence-corrected chi connectivity index (χ0v) is 13.6. The third-order valence-corrected chi connectivity index (χ3v) is 4.54. The number of likely N-dealkylation sites (tertiary alicyclic amines) is 1. The van der Waals surface area contributed by atoms with Gasteiger partial charge < -0.3 is 10.2 Å². The molecule has 20 heavy (non-hydrogen) atoms. The number of piperidine rings is 1. The fraction of sp³-hybridized carbons (Fsp3) is 0.667. The summed E-state index contributed by atoms with van der Waals surface area (Å²) in [4.78, 5) is 2.64. The van der Waals surface area contributed by atoms with Crippen LogP contribution in [0.2, 0.25) is 0 Å². The summed E-state index contributed by atoms with van der Waals surface area (Å²) in [6.07, 6.45) is 3.91. The Hall–Kier alpha value is -0.860. The number of rotatable bonds is 5. The third kappa shape index (κ3) is 4.32. The molecule has 1 atom stereocenters. The summed E-state index contributed by atoms with van der Waals surface area (Å²) in [6.45, 7) is 10.7. The second kappa shape index (κ2) is 6.73. The predicted molar refractivity (Wildman–Crippen MR) is 87.1 cm³/mol. The second-order valence-electron chi connectivity index (χ2n) is 7.08. The minimum Gasteiger partial charge on any atom is -0.313 e. The van der Waals surface area contributed by atoms with Gasteiger partial charge in [0, 0.05) is 12.6 Å². The van der Waals surface area contributed by atoms with Crippen molar-refractivity contribution in [2.24, 2.45) is 5.41 Å². The summed E-state index contributed by atoms with van der Waals surface area (Å²) < 4.78 is 0. The van der Waals surface area contributed by atoms with Gasteiger partial charge in [0.1, 0.15) is 0 Å². The van der Waals surface area contributed by atoms with Gasteiger partial charge in [-0.1, -0.05) is 43.7 Å². The second-order valence-corrected chi connectivity index (χ2v) is 7.08. The highest BCUT2D eigenvalue weighted by Crippen LogP contribution is 2.29. The van der Waals surface area contributed by atoms with Crippen LogP contribution in [0, 0.1) is 12.3 Å². The van der Waals surface area contributed by atoms with Crippen LogP contribution < -0.4 is 5.32 Å². The van der Waals surface area contributed by atoms with Crippen LogP contribution in [0.15, 0.2) is 24.3 Å². The van der Waals surface area contributed by atoms with E-state index in [2.05, 4.69) is 62.3 Å². The first-order valence-corrected chi connectivity index (χ1v) is 7.96. The van der Waals surface area contributed by atoms with Gasteiger partial charge in [0.15, 0.2) is 0 Å². The van der Waals surface area contributed by atoms with E-state index in [9.17, 15) is 0 Å². The quantitative estimate of drug-likeness (QED) is 0.879. The molecule has 1 aromatic rings. The van der Waals surface area contributed by atoms with Crippen LogP contribution in [0.25, 0.3) is 0 Å². The van der Waals surface area contributed by atoms with Crippen LogP contribution >= 0.6 is 0 Å². The van der Waals surface area contributed by atoms with Crippen LogP contribution in [0.1, 0.15) is 50.3 Å². The maximum absolute atomic E-state index is 3.47. The van der Waals surface area contributed by atoms with Gasteiger partial charge in [-0.2, -0.15) is 0 Å². The topological polar surface area (TPSA) is 15.3 Å². The molecular formula is C18H30N2. The van der Waals surface area contributed by atoms with Gasteiger partial charge in [0.25, 0.3) is 0 Å². The molecule has 1 fully saturated rings. The van der Waals surface area contributed by atoms with Crippen molar-refractivity contribution in [3.05, 3.63) is 35.4 Å². The van der Waals surface area contributed by atoms with Gasteiger partial charge in [-0.15, -0.1) is 0 Å². The SMILES string of the molecule is CNC(CCN1CCCC(C)(C)C1)c1ccc(C)cc1. The van der Waals surface area contributed by atoms with Crippen molar-refractivity contribution in [1.82, 2.24) is 10.2 Å². The van der Waals surface area contributed by atoms with Crippen molar-refractivity contribution in [2.45, 2.75) is 46.1 Å². The van der Waals surface area contributed by atoms with Gasteiger partial charge in [-0.05, 0) is 57.3 Å². The fourth-order valence-corrected chi connectivity index (χ4v) is 3.32. The molecule has 112 valence electrons. The first-order valence-electron chi connectivity index (χ1n) is 7.96. The number of hydrogen-bond acceptors (Lipinski definition) is 2. The van der Waals surface area contributed by atoms with E-state index in [-0.39, 0.29) is 0 Å². The number of aryl methyl sites for hydroxylation is 1. The molecule has 1 aliphatic heterocycles. The molecule has 1 N–H and O–H groups in total. The molecule has 1 saturated heterocycles. The zero-order valence-electron chi connectivity index (χ0n) is 13.6. The monoisotopic (exact) mass is 274 g/mol. The largest absolute Gasteiger partial charge is 0.313 e. The van der Waals surface area contributed by atoms with Crippen LogP contribution in [0.3, 0.4) is 0 Å². The van der Waals surface area contributed by atoms with Crippen molar-refractivity contribution in [1.29, 1.82) is 0 Å². The molecule has 2 heteroatoms. The van der Waals surface area contributed by atoms with Gasteiger partial charge in [-0.3, -0.25) is 0 Å². The maximum atomic E-state index is 3.47. The lowest BCUT2D eigenvalue weighted by Crippen LogP contribution is -2.41. The number of hydrogen-bond donors (Lipinski definition) is 1. The minimum atomic E-state index is 0.473. The van der Waals surface area contributed by atoms with Crippen molar-refractivity contribution in [3.63, 3.8) is 0 Å². The number of nitrogens with one attached hydrogen (secondary N) is 1. The van der Waals surface area contributed by atoms with Crippen LogP contribution in [0.4, 0.5) is 0 Å². The standard InChI is InChI=1S/C18H30N2/c1-15-6-8-16(9-7-15)17(19-4)10-13-20-12-5-11-18(2,3)14-20/h6-9,17,19H,5,10-14H2,1-4H3. The van der Waals surface area contributed by atoms with Gasteiger partial charge >= 0.3 is 0 Å². The molecule has 0 amide bonds. The Morgan fingerprint density at radius 3 is 2.55 bits per heavy atom. The molecule has 1 aliphatic rings. The smallest absolute Gasteiger partial charge is 0.0329 e.